The number of carbonyl (C=O) groups is 3. The van der Waals surface area contributed by atoms with Gasteiger partial charge in [-0.2, -0.15) is 0 Å². The van der Waals surface area contributed by atoms with Crippen LogP contribution in [0.3, 0.4) is 0 Å². The fourth-order valence-corrected chi connectivity index (χ4v) is 3.53. The molecule has 1 N–H and O–H groups in total. The summed E-state index contributed by atoms with van der Waals surface area (Å²) in [6.07, 6.45) is 1.61. The van der Waals surface area contributed by atoms with Gasteiger partial charge in [-0.1, -0.05) is 6.07 Å². The van der Waals surface area contributed by atoms with Crippen LogP contribution in [-0.4, -0.2) is 41.8 Å². The summed E-state index contributed by atoms with van der Waals surface area (Å²) in [5.41, 5.74) is 1.07. The van der Waals surface area contributed by atoms with Crippen molar-refractivity contribution < 1.29 is 32.6 Å². The maximum Gasteiger partial charge on any atom is 0.265 e. The number of hydrogen-bond donors (Lipinski definition) is 1. The number of nitrogens with zero attached hydrogens (tertiary/aromatic N) is 2. The standard InChI is InChI=1S/C25H21F2N3O5/c1-15(25(33)29-12-18-4-2-3-9-28-18)30-20-10-16(5-7-23(20)35-14-24(30)32)21(31)13-34-22-8-6-17(26)11-19(22)27/h2-11,15H,12-14H2,1H3,(H,29,33). The van der Waals surface area contributed by atoms with Gasteiger partial charge in [0.1, 0.15) is 17.6 Å². The molecule has 35 heavy (non-hydrogen) atoms. The number of aromatic nitrogens is 1. The van der Waals surface area contributed by atoms with E-state index in [0.717, 1.165) is 12.1 Å². The number of hydrogen-bond acceptors (Lipinski definition) is 6. The number of nitrogens with one attached hydrogen (secondary N) is 1. The molecule has 180 valence electrons. The maximum atomic E-state index is 13.8. The number of halogens is 2. The van der Waals surface area contributed by atoms with E-state index in [4.69, 9.17) is 9.47 Å². The number of fused-ring (bicyclic) bond motifs is 1. The molecule has 1 atom stereocenters. The summed E-state index contributed by atoms with van der Waals surface area (Å²) in [6, 6.07) is 11.6. The van der Waals surface area contributed by atoms with E-state index in [1.165, 1.54) is 23.1 Å². The smallest absolute Gasteiger partial charge is 0.265 e. The van der Waals surface area contributed by atoms with Crippen LogP contribution in [0.4, 0.5) is 14.5 Å². The van der Waals surface area contributed by atoms with E-state index in [-0.39, 0.29) is 30.2 Å². The molecule has 10 heteroatoms. The average Bonchev–Trinajstić information content (AvgIpc) is 2.86. The van der Waals surface area contributed by atoms with Crippen molar-refractivity contribution >= 4 is 23.3 Å². The fraction of sp³-hybridized carbons (Fsp3) is 0.200. The predicted molar refractivity (Wildman–Crippen MR) is 121 cm³/mol. The molecule has 0 saturated carbocycles. The maximum absolute atomic E-state index is 13.8. The van der Waals surface area contributed by atoms with Crippen molar-refractivity contribution in [1.29, 1.82) is 0 Å². The number of carbonyl (C=O) groups excluding carboxylic acids is 3. The Morgan fingerprint density at radius 2 is 2.00 bits per heavy atom. The van der Waals surface area contributed by atoms with Crippen molar-refractivity contribution in [1.82, 2.24) is 10.3 Å². The van der Waals surface area contributed by atoms with Gasteiger partial charge in [0.25, 0.3) is 5.91 Å². The largest absolute Gasteiger partial charge is 0.482 e. The van der Waals surface area contributed by atoms with Crippen molar-refractivity contribution in [2.24, 2.45) is 0 Å². The Balaban J connectivity index is 1.49. The summed E-state index contributed by atoms with van der Waals surface area (Å²) >= 11 is 0. The van der Waals surface area contributed by atoms with Gasteiger partial charge in [-0.05, 0) is 49.4 Å². The van der Waals surface area contributed by atoms with E-state index in [0.29, 0.717) is 17.5 Å². The van der Waals surface area contributed by atoms with Gasteiger partial charge in [-0.25, -0.2) is 8.78 Å². The molecule has 1 unspecified atom stereocenters. The lowest BCUT2D eigenvalue weighted by molar-refractivity contribution is -0.127. The monoisotopic (exact) mass is 481 g/mol. The number of pyridine rings is 1. The van der Waals surface area contributed by atoms with Crippen LogP contribution in [0.15, 0.2) is 60.8 Å². The van der Waals surface area contributed by atoms with Crippen molar-refractivity contribution in [3.63, 3.8) is 0 Å². The number of rotatable bonds is 8. The van der Waals surface area contributed by atoms with Crippen LogP contribution in [0.1, 0.15) is 23.0 Å². The third-order valence-corrected chi connectivity index (χ3v) is 5.35. The Bertz CT molecular complexity index is 1270. The molecule has 2 aromatic carbocycles. The second-order valence-electron chi connectivity index (χ2n) is 7.74. The Labute approximate surface area is 199 Å². The SMILES string of the molecule is CC(C(=O)NCc1ccccn1)N1C(=O)COc2ccc(C(=O)COc3ccc(F)cc3F)cc21. The zero-order valence-corrected chi connectivity index (χ0v) is 18.7. The fourth-order valence-electron chi connectivity index (χ4n) is 3.53. The Hall–Kier alpha value is -4.34. The predicted octanol–water partition coefficient (Wildman–Crippen LogP) is 3.05. The van der Waals surface area contributed by atoms with Crippen LogP contribution >= 0.6 is 0 Å². The topological polar surface area (TPSA) is 97.8 Å². The van der Waals surface area contributed by atoms with Gasteiger partial charge in [-0.3, -0.25) is 24.3 Å². The zero-order valence-electron chi connectivity index (χ0n) is 18.7. The lowest BCUT2D eigenvalue weighted by Crippen LogP contribution is -2.51. The van der Waals surface area contributed by atoms with Gasteiger partial charge in [0.05, 0.1) is 17.9 Å². The number of ether oxygens (including phenoxy) is 2. The van der Waals surface area contributed by atoms with Crippen molar-refractivity contribution in [2.75, 3.05) is 18.1 Å². The molecule has 2 amide bonds. The van der Waals surface area contributed by atoms with E-state index in [2.05, 4.69) is 10.3 Å². The molecular weight excluding hydrogens is 460 g/mol. The van der Waals surface area contributed by atoms with Crippen LogP contribution in [0.2, 0.25) is 0 Å². The lowest BCUT2D eigenvalue weighted by atomic mass is 10.1. The van der Waals surface area contributed by atoms with Crippen LogP contribution in [0.5, 0.6) is 11.5 Å². The molecule has 0 radical (unpaired) electrons. The minimum absolute atomic E-state index is 0.163. The third kappa shape index (κ3) is 5.43. The highest BCUT2D eigenvalue weighted by Gasteiger charge is 2.33. The van der Waals surface area contributed by atoms with Crippen molar-refractivity contribution in [3.8, 4) is 11.5 Å². The van der Waals surface area contributed by atoms with E-state index in [9.17, 15) is 23.2 Å². The van der Waals surface area contributed by atoms with E-state index in [1.54, 1.807) is 31.3 Å². The van der Waals surface area contributed by atoms with E-state index in [1.807, 2.05) is 0 Å². The minimum Gasteiger partial charge on any atom is -0.482 e. The summed E-state index contributed by atoms with van der Waals surface area (Å²) in [5, 5.41) is 2.75. The molecule has 1 aliphatic heterocycles. The van der Waals surface area contributed by atoms with Crippen LogP contribution in [0, 0.1) is 11.6 Å². The van der Waals surface area contributed by atoms with Crippen LogP contribution < -0.4 is 19.7 Å². The molecule has 0 bridgehead atoms. The van der Waals surface area contributed by atoms with Crippen molar-refractivity contribution in [2.45, 2.75) is 19.5 Å². The Morgan fingerprint density at radius 1 is 1.17 bits per heavy atom. The molecular formula is C25H21F2N3O5. The van der Waals surface area contributed by atoms with Gasteiger partial charge in [-0.15, -0.1) is 0 Å². The second-order valence-corrected chi connectivity index (χ2v) is 7.74. The number of Topliss-reactive ketones (excluding diaryl/α,β-unsaturated/α-hetero) is 1. The molecule has 4 rings (SSSR count). The minimum atomic E-state index is -0.932. The molecule has 0 fully saturated rings. The first-order valence-corrected chi connectivity index (χ1v) is 10.7. The zero-order chi connectivity index (χ0) is 24.9. The van der Waals surface area contributed by atoms with Gasteiger partial charge in [0, 0.05) is 17.8 Å². The van der Waals surface area contributed by atoms with Crippen molar-refractivity contribution in [3.05, 3.63) is 83.7 Å². The van der Waals surface area contributed by atoms with Gasteiger partial charge >= 0.3 is 0 Å². The van der Waals surface area contributed by atoms with E-state index >= 15 is 0 Å². The second kappa shape index (κ2) is 10.3. The average molecular weight is 481 g/mol. The summed E-state index contributed by atoms with van der Waals surface area (Å²) in [7, 11) is 0. The first-order chi connectivity index (χ1) is 16.8. The summed E-state index contributed by atoms with van der Waals surface area (Å²) in [4.78, 5) is 43.5. The highest BCUT2D eigenvalue weighted by Crippen LogP contribution is 2.34. The molecule has 0 saturated heterocycles. The number of ketones is 1. The molecule has 3 aromatic rings. The third-order valence-electron chi connectivity index (χ3n) is 5.35. The normalized spacial score (nSPS) is 13.5. The van der Waals surface area contributed by atoms with Crippen LogP contribution in [-0.2, 0) is 16.1 Å². The molecule has 1 aromatic heterocycles. The molecule has 8 nitrogen and oxygen atoms in total. The first kappa shape index (κ1) is 23.8. The van der Waals surface area contributed by atoms with Crippen LogP contribution in [0.25, 0.3) is 0 Å². The Kier molecular flexibility index (Phi) is 7.00. The summed E-state index contributed by atoms with van der Waals surface area (Å²) < 4.78 is 37.5. The quantitative estimate of drug-likeness (QED) is 0.497. The van der Waals surface area contributed by atoms with Gasteiger partial charge in [0.2, 0.25) is 5.91 Å². The van der Waals surface area contributed by atoms with Gasteiger partial charge in [0.15, 0.2) is 30.6 Å². The number of amides is 2. The lowest BCUT2D eigenvalue weighted by Gasteiger charge is -2.33. The summed E-state index contributed by atoms with van der Waals surface area (Å²) in [5.74, 6) is -3.01. The number of benzene rings is 2. The van der Waals surface area contributed by atoms with Gasteiger partial charge < -0.3 is 14.8 Å². The molecule has 1 aliphatic rings. The van der Waals surface area contributed by atoms with E-state index < -0.39 is 41.9 Å². The molecule has 2 heterocycles. The highest BCUT2D eigenvalue weighted by molar-refractivity contribution is 6.05. The molecule has 0 spiro atoms. The molecule has 0 aliphatic carbocycles. The summed E-state index contributed by atoms with van der Waals surface area (Å²) in [6.45, 7) is 0.974. The first-order valence-electron chi connectivity index (χ1n) is 10.7. The highest BCUT2D eigenvalue weighted by atomic mass is 19.1. The number of anilines is 1. The Morgan fingerprint density at radius 3 is 2.74 bits per heavy atom.